The molecule has 4 aliphatic rings. The summed E-state index contributed by atoms with van der Waals surface area (Å²) >= 11 is 0. The van der Waals surface area contributed by atoms with Gasteiger partial charge in [0.15, 0.2) is 0 Å². The van der Waals surface area contributed by atoms with Gasteiger partial charge in [0.05, 0.1) is 5.92 Å². The molecule has 4 rings (SSSR count). The molecular formula is C15H24O3. The Bertz CT molecular complexity index is 420. The molecule has 0 spiro atoms. The van der Waals surface area contributed by atoms with Crippen molar-refractivity contribution in [2.75, 3.05) is 0 Å². The molecule has 1 saturated heterocycles. The van der Waals surface area contributed by atoms with E-state index in [1.54, 1.807) is 0 Å². The molecule has 0 unspecified atom stereocenters. The summed E-state index contributed by atoms with van der Waals surface area (Å²) in [7, 11) is 0. The molecule has 3 aliphatic carbocycles. The monoisotopic (exact) mass is 252 g/mol. The first kappa shape index (κ1) is 11.7. The molecule has 1 N–H and O–H groups in total. The molecule has 1 heterocycles. The molecule has 18 heavy (non-hydrogen) atoms. The van der Waals surface area contributed by atoms with Gasteiger partial charge in [-0.15, -0.1) is 0 Å². The number of hydrogen-bond acceptors (Lipinski definition) is 3. The minimum atomic E-state index is -1.02. The SMILES string of the molecule is CC1(C)CCC[C@@]2(C)[C@@H]3C[C@@]4(O)OO[C@@](C)([C@@H]24)[C@@H]31. The Morgan fingerprint density at radius 3 is 2.50 bits per heavy atom. The van der Waals surface area contributed by atoms with Crippen LogP contribution in [0.1, 0.15) is 53.4 Å². The Hall–Kier alpha value is -0.120. The molecule has 3 heteroatoms. The fourth-order valence-corrected chi connectivity index (χ4v) is 6.65. The third-order valence-corrected chi connectivity index (χ3v) is 6.81. The Morgan fingerprint density at radius 2 is 1.78 bits per heavy atom. The summed E-state index contributed by atoms with van der Waals surface area (Å²) in [6.07, 6.45) is 4.48. The lowest BCUT2D eigenvalue weighted by molar-refractivity contribution is -0.390. The highest BCUT2D eigenvalue weighted by Gasteiger charge is 2.82. The average Bonchev–Trinajstić information content (AvgIpc) is 2.60. The van der Waals surface area contributed by atoms with E-state index in [-0.39, 0.29) is 22.3 Å². The van der Waals surface area contributed by atoms with Gasteiger partial charge in [-0.3, -0.25) is 0 Å². The van der Waals surface area contributed by atoms with Crippen LogP contribution in [-0.4, -0.2) is 16.5 Å². The summed E-state index contributed by atoms with van der Waals surface area (Å²) < 4.78 is 0. The fourth-order valence-electron chi connectivity index (χ4n) is 6.65. The second kappa shape index (κ2) is 2.82. The topological polar surface area (TPSA) is 38.7 Å². The van der Waals surface area contributed by atoms with Gasteiger partial charge >= 0.3 is 0 Å². The predicted molar refractivity (Wildman–Crippen MR) is 66.4 cm³/mol. The minimum Gasteiger partial charge on any atom is -0.363 e. The largest absolute Gasteiger partial charge is 0.363 e. The molecule has 0 radical (unpaired) electrons. The Labute approximate surface area is 109 Å². The van der Waals surface area contributed by atoms with Gasteiger partial charge in [-0.2, -0.15) is 0 Å². The fraction of sp³-hybridized carbons (Fsp3) is 1.00. The van der Waals surface area contributed by atoms with Crippen LogP contribution in [0.25, 0.3) is 0 Å². The highest BCUT2D eigenvalue weighted by molar-refractivity contribution is 5.25. The molecule has 4 fully saturated rings. The molecule has 1 aliphatic heterocycles. The van der Waals surface area contributed by atoms with E-state index in [0.717, 1.165) is 6.42 Å². The van der Waals surface area contributed by atoms with Gasteiger partial charge in [0, 0.05) is 6.42 Å². The van der Waals surface area contributed by atoms with Crippen LogP contribution in [0, 0.1) is 28.6 Å². The Morgan fingerprint density at radius 1 is 1.06 bits per heavy atom. The van der Waals surface area contributed by atoms with Gasteiger partial charge in [0.1, 0.15) is 5.60 Å². The highest BCUT2D eigenvalue weighted by atomic mass is 17.2. The number of hydrogen-bond donors (Lipinski definition) is 1. The van der Waals surface area contributed by atoms with E-state index < -0.39 is 5.79 Å². The van der Waals surface area contributed by atoms with Crippen molar-refractivity contribution in [2.45, 2.75) is 64.8 Å². The van der Waals surface area contributed by atoms with Crippen molar-refractivity contribution in [3.05, 3.63) is 0 Å². The van der Waals surface area contributed by atoms with E-state index in [2.05, 4.69) is 27.7 Å². The van der Waals surface area contributed by atoms with Gasteiger partial charge in [-0.1, -0.05) is 27.2 Å². The molecule has 0 aromatic carbocycles. The van der Waals surface area contributed by atoms with Crippen molar-refractivity contribution >= 4 is 0 Å². The minimum absolute atomic E-state index is 0.145. The zero-order valence-electron chi connectivity index (χ0n) is 11.8. The number of fused-ring (bicyclic) bond motifs is 1. The molecule has 102 valence electrons. The van der Waals surface area contributed by atoms with Crippen molar-refractivity contribution in [1.82, 2.24) is 0 Å². The molecule has 0 aromatic heterocycles. The van der Waals surface area contributed by atoms with E-state index in [9.17, 15) is 5.11 Å². The molecule has 3 nitrogen and oxygen atoms in total. The van der Waals surface area contributed by atoms with Crippen molar-refractivity contribution in [1.29, 1.82) is 0 Å². The molecule has 0 amide bonds. The molecule has 6 atom stereocenters. The third-order valence-electron chi connectivity index (χ3n) is 6.81. The maximum absolute atomic E-state index is 10.7. The molecule has 4 bridgehead atoms. The summed E-state index contributed by atoms with van der Waals surface area (Å²) in [6.45, 7) is 9.27. The summed E-state index contributed by atoms with van der Waals surface area (Å²) in [4.78, 5) is 11.2. The number of rotatable bonds is 0. The maximum Gasteiger partial charge on any atom is 0.205 e. The van der Waals surface area contributed by atoms with Crippen LogP contribution in [0.15, 0.2) is 0 Å². The first-order valence-corrected chi connectivity index (χ1v) is 7.33. The van der Waals surface area contributed by atoms with Gasteiger partial charge < -0.3 is 5.11 Å². The third kappa shape index (κ3) is 0.981. The van der Waals surface area contributed by atoms with Gasteiger partial charge in [-0.05, 0) is 42.4 Å². The predicted octanol–water partition coefficient (Wildman–Crippen LogP) is 2.88. The van der Waals surface area contributed by atoms with E-state index in [1.165, 1.54) is 19.3 Å². The maximum atomic E-state index is 10.7. The van der Waals surface area contributed by atoms with Crippen molar-refractivity contribution in [2.24, 2.45) is 28.6 Å². The van der Waals surface area contributed by atoms with Crippen LogP contribution in [0.3, 0.4) is 0 Å². The lowest BCUT2D eigenvalue weighted by Gasteiger charge is -2.45. The van der Waals surface area contributed by atoms with Crippen molar-refractivity contribution in [3.63, 3.8) is 0 Å². The Balaban J connectivity index is 1.94. The molecular weight excluding hydrogens is 228 g/mol. The van der Waals surface area contributed by atoms with Gasteiger partial charge in [0.2, 0.25) is 5.79 Å². The lowest BCUT2D eigenvalue weighted by atomic mass is 9.61. The first-order chi connectivity index (χ1) is 8.24. The zero-order chi connectivity index (χ0) is 13.0. The van der Waals surface area contributed by atoms with Crippen LogP contribution in [-0.2, 0) is 9.78 Å². The van der Waals surface area contributed by atoms with Gasteiger partial charge in [0.25, 0.3) is 0 Å². The van der Waals surface area contributed by atoms with E-state index in [0.29, 0.717) is 11.8 Å². The summed E-state index contributed by atoms with van der Waals surface area (Å²) in [6, 6.07) is 0. The smallest absolute Gasteiger partial charge is 0.205 e. The molecule has 0 aromatic rings. The first-order valence-electron chi connectivity index (χ1n) is 7.33. The van der Waals surface area contributed by atoms with Crippen molar-refractivity contribution < 1.29 is 14.9 Å². The summed E-state index contributed by atoms with van der Waals surface area (Å²) in [5.41, 5.74) is 0.176. The lowest BCUT2D eigenvalue weighted by Crippen LogP contribution is -2.52. The van der Waals surface area contributed by atoms with Crippen LogP contribution < -0.4 is 0 Å². The van der Waals surface area contributed by atoms with Crippen LogP contribution in [0.2, 0.25) is 0 Å². The van der Waals surface area contributed by atoms with Crippen LogP contribution >= 0.6 is 0 Å². The van der Waals surface area contributed by atoms with E-state index in [4.69, 9.17) is 9.78 Å². The quantitative estimate of drug-likeness (QED) is 0.674. The van der Waals surface area contributed by atoms with E-state index in [1.807, 2.05) is 0 Å². The second-order valence-corrected chi connectivity index (χ2v) is 8.26. The zero-order valence-corrected chi connectivity index (χ0v) is 11.8. The second-order valence-electron chi connectivity index (χ2n) is 8.26. The van der Waals surface area contributed by atoms with Gasteiger partial charge in [-0.25, -0.2) is 9.78 Å². The van der Waals surface area contributed by atoms with E-state index >= 15 is 0 Å². The summed E-state index contributed by atoms with van der Waals surface area (Å²) in [5, 5.41) is 10.7. The van der Waals surface area contributed by atoms with Crippen molar-refractivity contribution in [3.8, 4) is 0 Å². The average molecular weight is 252 g/mol. The molecule has 3 saturated carbocycles. The normalized spacial score (nSPS) is 64.2. The summed E-state index contributed by atoms with van der Waals surface area (Å²) in [5.74, 6) is 0.174. The van der Waals surface area contributed by atoms with Crippen LogP contribution in [0.5, 0.6) is 0 Å². The Kier molecular flexibility index (Phi) is 1.83. The standard InChI is InChI=1S/C15H24O3/c1-12(2)6-5-7-13(3)9-8-15(16)11(13)14(4,10(9)12)17-18-15/h9-11,16H,5-8H2,1-4H3/t9-,10+,11-,13+,14-,15-/m1/s1. The van der Waals surface area contributed by atoms with Crippen LogP contribution in [0.4, 0.5) is 0 Å². The number of aliphatic hydroxyl groups is 1. The highest BCUT2D eigenvalue weighted by Crippen LogP contribution is 2.78.